The molecule has 0 aliphatic rings. The van der Waals surface area contributed by atoms with Crippen LogP contribution in [0.15, 0.2) is 30.5 Å². The Kier molecular flexibility index (Phi) is 3.55. The molecule has 4 heteroatoms. The first kappa shape index (κ1) is 12.5. The van der Waals surface area contributed by atoms with Crippen molar-refractivity contribution in [1.29, 1.82) is 0 Å². The first-order valence-corrected chi connectivity index (χ1v) is 6.04. The maximum atomic E-state index is 5.98. The van der Waals surface area contributed by atoms with Gasteiger partial charge >= 0.3 is 0 Å². The topological polar surface area (TPSA) is 53.1 Å². The summed E-state index contributed by atoms with van der Waals surface area (Å²) in [5.41, 5.74) is 8.25. The predicted molar refractivity (Wildman–Crippen MR) is 72.8 cm³/mol. The molecule has 4 nitrogen and oxygen atoms in total. The molecule has 0 aliphatic heterocycles. The highest BCUT2D eigenvalue weighted by Crippen LogP contribution is 2.20. The lowest BCUT2D eigenvalue weighted by molar-refractivity contribution is 0.414. The zero-order valence-corrected chi connectivity index (χ0v) is 11.1. The van der Waals surface area contributed by atoms with Crippen LogP contribution in [0.4, 0.5) is 5.82 Å². The summed E-state index contributed by atoms with van der Waals surface area (Å²) in [5, 5.41) is 4.31. The highest BCUT2D eigenvalue weighted by Gasteiger charge is 2.11. The summed E-state index contributed by atoms with van der Waals surface area (Å²) in [7, 11) is 1.67. The van der Waals surface area contributed by atoms with Gasteiger partial charge in [0, 0.05) is 5.56 Å². The molecule has 0 saturated heterocycles. The van der Waals surface area contributed by atoms with Gasteiger partial charge in [-0.1, -0.05) is 12.1 Å². The summed E-state index contributed by atoms with van der Waals surface area (Å²) < 4.78 is 7.02. The molecular formula is C14H19N3O. The number of nitrogens with two attached hydrogens (primary N) is 1. The van der Waals surface area contributed by atoms with Crippen LogP contribution in [0.3, 0.4) is 0 Å². The van der Waals surface area contributed by atoms with Crippen LogP contribution in [0.2, 0.25) is 0 Å². The summed E-state index contributed by atoms with van der Waals surface area (Å²) in [4.78, 5) is 0. The Morgan fingerprint density at radius 1 is 1.33 bits per heavy atom. The Labute approximate surface area is 107 Å². The Hall–Kier alpha value is -1.97. The second kappa shape index (κ2) is 5.12. The molecule has 1 unspecified atom stereocenters. The maximum Gasteiger partial charge on any atom is 0.124 e. The third-order valence-electron chi connectivity index (χ3n) is 3.13. The van der Waals surface area contributed by atoms with E-state index in [-0.39, 0.29) is 6.04 Å². The molecule has 0 radical (unpaired) electrons. The van der Waals surface area contributed by atoms with Crippen LogP contribution in [0.1, 0.15) is 24.1 Å². The third-order valence-corrected chi connectivity index (χ3v) is 3.13. The van der Waals surface area contributed by atoms with Crippen LogP contribution in [0, 0.1) is 6.92 Å². The highest BCUT2D eigenvalue weighted by molar-refractivity contribution is 5.37. The quantitative estimate of drug-likeness (QED) is 0.900. The van der Waals surface area contributed by atoms with Gasteiger partial charge in [0.2, 0.25) is 0 Å². The van der Waals surface area contributed by atoms with E-state index >= 15 is 0 Å². The Balaban J connectivity index is 2.11. The molecule has 0 fully saturated rings. The van der Waals surface area contributed by atoms with Crippen molar-refractivity contribution in [3.05, 3.63) is 41.6 Å². The number of rotatable bonds is 4. The van der Waals surface area contributed by atoms with Gasteiger partial charge in [-0.2, -0.15) is 5.10 Å². The smallest absolute Gasteiger partial charge is 0.124 e. The summed E-state index contributed by atoms with van der Waals surface area (Å²) in [6.45, 7) is 4.09. The molecule has 2 aromatic rings. The van der Waals surface area contributed by atoms with Crippen LogP contribution in [-0.4, -0.2) is 16.9 Å². The van der Waals surface area contributed by atoms with Crippen molar-refractivity contribution >= 4 is 5.82 Å². The fourth-order valence-electron chi connectivity index (χ4n) is 2.00. The average molecular weight is 245 g/mol. The standard InChI is InChI=1S/C14H19N3O/c1-10-9-16-17(14(10)15)11(2)8-12-4-6-13(18-3)7-5-12/h4-7,9,11H,8,15H2,1-3H3. The molecule has 0 amide bonds. The lowest BCUT2D eigenvalue weighted by atomic mass is 10.1. The molecule has 1 aromatic carbocycles. The molecular weight excluding hydrogens is 226 g/mol. The zero-order chi connectivity index (χ0) is 13.1. The van der Waals surface area contributed by atoms with Crippen LogP contribution < -0.4 is 10.5 Å². The number of nitrogens with zero attached hydrogens (tertiary/aromatic N) is 2. The number of hydrogen-bond donors (Lipinski definition) is 1. The predicted octanol–water partition coefficient (Wildman–Crippen LogP) is 2.59. The van der Waals surface area contributed by atoms with Crippen molar-refractivity contribution in [3.8, 4) is 5.75 Å². The van der Waals surface area contributed by atoms with Gasteiger partial charge in [0.15, 0.2) is 0 Å². The molecule has 1 aromatic heterocycles. The summed E-state index contributed by atoms with van der Waals surface area (Å²) in [6.07, 6.45) is 2.70. The third kappa shape index (κ3) is 2.47. The molecule has 0 aliphatic carbocycles. The summed E-state index contributed by atoms with van der Waals surface area (Å²) in [6, 6.07) is 8.33. The van der Waals surface area contributed by atoms with Crippen LogP contribution in [-0.2, 0) is 6.42 Å². The minimum absolute atomic E-state index is 0.243. The van der Waals surface area contributed by atoms with Gasteiger partial charge in [-0.25, -0.2) is 4.68 Å². The Morgan fingerprint density at radius 2 is 2.00 bits per heavy atom. The summed E-state index contributed by atoms with van der Waals surface area (Å²) in [5.74, 6) is 1.62. The Morgan fingerprint density at radius 3 is 2.50 bits per heavy atom. The van der Waals surface area contributed by atoms with Crippen molar-refractivity contribution in [2.24, 2.45) is 0 Å². The number of benzene rings is 1. The van der Waals surface area contributed by atoms with E-state index in [1.807, 2.05) is 23.7 Å². The van der Waals surface area contributed by atoms with E-state index in [0.717, 1.165) is 23.6 Å². The molecule has 18 heavy (non-hydrogen) atoms. The fourth-order valence-corrected chi connectivity index (χ4v) is 2.00. The molecule has 0 saturated carbocycles. The monoisotopic (exact) mass is 245 g/mol. The number of hydrogen-bond acceptors (Lipinski definition) is 3. The number of anilines is 1. The number of aromatic nitrogens is 2. The second-order valence-electron chi connectivity index (χ2n) is 4.56. The van der Waals surface area contributed by atoms with Gasteiger partial charge in [0.25, 0.3) is 0 Å². The van der Waals surface area contributed by atoms with E-state index in [4.69, 9.17) is 10.5 Å². The van der Waals surface area contributed by atoms with Gasteiger partial charge in [-0.15, -0.1) is 0 Å². The molecule has 96 valence electrons. The largest absolute Gasteiger partial charge is 0.497 e. The van der Waals surface area contributed by atoms with Crippen molar-refractivity contribution in [3.63, 3.8) is 0 Å². The Bertz CT molecular complexity index is 516. The fraction of sp³-hybridized carbons (Fsp3) is 0.357. The second-order valence-corrected chi connectivity index (χ2v) is 4.56. The maximum absolute atomic E-state index is 5.98. The number of aryl methyl sites for hydroxylation is 1. The van der Waals surface area contributed by atoms with E-state index in [1.54, 1.807) is 13.3 Å². The molecule has 2 N–H and O–H groups in total. The number of nitrogen functional groups attached to an aromatic ring is 1. The van der Waals surface area contributed by atoms with Crippen molar-refractivity contribution in [2.75, 3.05) is 12.8 Å². The first-order valence-electron chi connectivity index (χ1n) is 6.04. The average Bonchev–Trinajstić information content (AvgIpc) is 2.71. The minimum atomic E-state index is 0.243. The molecule has 1 heterocycles. The lowest BCUT2D eigenvalue weighted by Crippen LogP contribution is -2.12. The van der Waals surface area contributed by atoms with E-state index in [1.165, 1.54) is 5.56 Å². The zero-order valence-electron chi connectivity index (χ0n) is 11.1. The highest BCUT2D eigenvalue weighted by atomic mass is 16.5. The first-order chi connectivity index (χ1) is 8.61. The van der Waals surface area contributed by atoms with Gasteiger partial charge in [0.1, 0.15) is 11.6 Å². The van der Waals surface area contributed by atoms with E-state index < -0.39 is 0 Å². The number of ether oxygens (including phenoxy) is 1. The van der Waals surface area contributed by atoms with E-state index in [0.29, 0.717) is 0 Å². The molecule has 0 bridgehead atoms. The van der Waals surface area contributed by atoms with Crippen molar-refractivity contribution in [2.45, 2.75) is 26.3 Å². The van der Waals surface area contributed by atoms with E-state index in [9.17, 15) is 0 Å². The van der Waals surface area contributed by atoms with Crippen LogP contribution in [0.25, 0.3) is 0 Å². The van der Waals surface area contributed by atoms with Crippen molar-refractivity contribution < 1.29 is 4.74 Å². The minimum Gasteiger partial charge on any atom is -0.497 e. The lowest BCUT2D eigenvalue weighted by Gasteiger charge is -2.14. The van der Waals surface area contributed by atoms with Gasteiger partial charge in [-0.05, 0) is 38.0 Å². The van der Waals surface area contributed by atoms with Gasteiger partial charge in [0.05, 0.1) is 19.3 Å². The SMILES string of the molecule is COc1ccc(CC(C)n2ncc(C)c2N)cc1. The van der Waals surface area contributed by atoms with Gasteiger partial charge in [-0.3, -0.25) is 0 Å². The van der Waals surface area contributed by atoms with Gasteiger partial charge < -0.3 is 10.5 Å². The van der Waals surface area contributed by atoms with E-state index in [2.05, 4.69) is 24.2 Å². The van der Waals surface area contributed by atoms with Crippen LogP contribution in [0.5, 0.6) is 5.75 Å². The van der Waals surface area contributed by atoms with Crippen molar-refractivity contribution in [1.82, 2.24) is 9.78 Å². The summed E-state index contributed by atoms with van der Waals surface area (Å²) >= 11 is 0. The normalized spacial score (nSPS) is 12.4. The molecule has 1 atom stereocenters. The molecule has 0 spiro atoms. The molecule has 2 rings (SSSR count). The van der Waals surface area contributed by atoms with Crippen LogP contribution >= 0.6 is 0 Å². The number of methoxy groups -OCH3 is 1.